The highest BCUT2D eigenvalue weighted by Gasteiger charge is 2.36. The fourth-order valence-corrected chi connectivity index (χ4v) is 2.84. The Balaban J connectivity index is 1.86. The standard InChI is InChI=1S/C20H11F3N4O3/c21-20(22,23)18-12(4-2-6-26-18)16-9-15(28)11-3-1-5-13(17(11)30-16)27-19(29)14-10-24-7-8-25-14/h1-10H,(H,27,29). The number of carbonyl (C=O) groups is 1. The van der Waals surface area contributed by atoms with E-state index in [1.165, 1.54) is 42.9 Å². The lowest BCUT2D eigenvalue weighted by Crippen LogP contribution is -2.15. The molecule has 0 aliphatic heterocycles. The first kappa shape index (κ1) is 19.2. The number of halogens is 3. The summed E-state index contributed by atoms with van der Waals surface area (Å²) in [5.41, 5.74) is -2.11. The number of para-hydroxylation sites is 1. The molecule has 0 saturated carbocycles. The number of fused-ring (bicyclic) bond motifs is 1. The Morgan fingerprint density at radius 2 is 1.87 bits per heavy atom. The van der Waals surface area contributed by atoms with Crippen LogP contribution in [-0.4, -0.2) is 20.9 Å². The molecule has 10 heteroatoms. The molecule has 3 heterocycles. The number of alkyl halides is 3. The topological polar surface area (TPSA) is 98.0 Å². The van der Waals surface area contributed by atoms with Crippen molar-refractivity contribution < 1.29 is 22.4 Å². The second-order valence-electron chi connectivity index (χ2n) is 6.10. The Bertz CT molecular complexity index is 1300. The molecule has 3 aromatic heterocycles. The van der Waals surface area contributed by atoms with Gasteiger partial charge in [0, 0.05) is 30.2 Å². The van der Waals surface area contributed by atoms with Crippen LogP contribution in [0.4, 0.5) is 18.9 Å². The zero-order valence-corrected chi connectivity index (χ0v) is 15.0. The average molecular weight is 412 g/mol. The zero-order valence-electron chi connectivity index (χ0n) is 15.0. The number of nitrogens with zero attached hydrogens (tertiary/aromatic N) is 3. The number of hydrogen-bond acceptors (Lipinski definition) is 6. The van der Waals surface area contributed by atoms with Gasteiger partial charge < -0.3 is 9.73 Å². The summed E-state index contributed by atoms with van der Waals surface area (Å²) < 4.78 is 45.6. The van der Waals surface area contributed by atoms with Crippen LogP contribution in [0.15, 0.2) is 70.4 Å². The third-order valence-corrected chi connectivity index (χ3v) is 4.14. The molecule has 30 heavy (non-hydrogen) atoms. The van der Waals surface area contributed by atoms with Crippen LogP contribution in [0.25, 0.3) is 22.3 Å². The van der Waals surface area contributed by atoms with Gasteiger partial charge in [0.1, 0.15) is 11.5 Å². The van der Waals surface area contributed by atoms with E-state index in [2.05, 4.69) is 20.3 Å². The second kappa shape index (κ2) is 7.39. The number of nitrogens with one attached hydrogen (secondary N) is 1. The van der Waals surface area contributed by atoms with E-state index in [0.29, 0.717) is 0 Å². The van der Waals surface area contributed by atoms with Gasteiger partial charge in [-0.25, -0.2) is 4.98 Å². The highest BCUT2D eigenvalue weighted by atomic mass is 19.4. The largest absolute Gasteiger partial charge is 0.454 e. The Hall–Kier alpha value is -4.08. The Kier molecular flexibility index (Phi) is 4.74. The number of anilines is 1. The molecule has 1 N–H and O–H groups in total. The fraction of sp³-hybridized carbons (Fsp3) is 0.0500. The van der Waals surface area contributed by atoms with Gasteiger partial charge in [-0.05, 0) is 24.3 Å². The summed E-state index contributed by atoms with van der Waals surface area (Å²) in [6, 6.07) is 7.82. The summed E-state index contributed by atoms with van der Waals surface area (Å²) in [7, 11) is 0. The van der Waals surface area contributed by atoms with Crippen molar-refractivity contribution in [1.29, 1.82) is 0 Å². The maximum absolute atomic E-state index is 13.3. The molecular formula is C20H11F3N4O3. The van der Waals surface area contributed by atoms with Crippen LogP contribution < -0.4 is 10.7 Å². The van der Waals surface area contributed by atoms with Gasteiger partial charge in [-0.15, -0.1) is 0 Å². The third-order valence-electron chi connectivity index (χ3n) is 4.14. The maximum Gasteiger partial charge on any atom is 0.434 e. The van der Waals surface area contributed by atoms with E-state index in [1.54, 1.807) is 0 Å². The van der Waals surface area contributed by atoms with Gasteiger partial charge in [0.25, 0.3) is 5.91 Å². The lowest BCUT2D eigenvalue weighted by Gasteiger charge is -2.12. The minimum Gasteiger partial charge on any atom is -0.454 e. The molecular weight excluding hydrogens is 401 g/mol. The summed E-state index contributed by atoms with van der Waals surface area (Å²) in [6.45, 7) is 0. The lowest BCUT2D eigenvalue weighted by molar-refractivity contribution is -0.140. The average Bonchev–Trinajstić information content (AvgIpc) is 2.74. The number of hydrogen-bond donors (Lipinski definition) is 1. The van der Waals surface area contributed by atoms with Gasteiger partial charge in [-0.3, -0.25) is 19.6 Å². The van der Waals surface area contributed by atoms with Crippen molar-refractivity contribution in [3.8, 4) is 11.3 Å². The van der Waals surface area contributed by atoms with Crippen molar-refractivity contribution in [2.24, 2.45) is 0 Å². The van der Waals surface area contributed by atoms with E-state index in [-0.39, 0.29) is 33.7 Å². The highest BCUT2D eigenvalue weighted by Crippen LogP contribution is 2.36. The summed E-state index contributed by atoms with van der Waals surface area (Å²) in [4.78, 5) is 36.0. The molecule has 0 aliphatic rings. The first-order valence-corrected chi connectivity index (χ1v) is 8.51. The monoisotopic (exact) mass is 412 g/mol. The van der Waals surface area contributed by atoms with Crippen LogP contribution in [0, 0.1) is 0 Å². The molecule has 0 bridgehead atoms. The Morgan fingerprint density at radius 1 is 1.03 bits per heavy atom. The van der Waals surface area contributed by atoms with E-state index >= 15 is 0 Å². The predicted octanol–water partition coefficient (Wildman–Crippen LogP) is 3.92. The molecule has 0 aliphatic carbocycles. The minimum atomic E-state index is -4.75. The van der Waals surface area contributed by atoms with Crippen molar-refractivity contribution >= 4 is 22.6 Å². The van der Waals surface area contributed by atoms with E-state index < -0.39 is 23.2 Å². The van der Waals surface area contributed by atoms with Gasteiger partial charge in [0.15, 0.2) is 16.7 Å². The highest BCUT2D eigenvalue weighted by molar-refractivity contribution is 6.06. The molecule has 0 atom stereocenters. The predicted molar refractivity (Wildman–Crippen MR) is 101 cm³/mol. The van der Waals surface area contributed by atoms with Gasteiger partial charge in [0.05, 0.1) is 17.3 Å². The van der Waals surface area contributed by atoms with Crippen molar-refractivity contribution in [3.05, 3.63) is 82.8 Å². The van der Waals surface area contributed by atoms with Crippen LogP contribution in [0.2, 0.25) is 0 Å². The number of aromatic nitrogens is 3. The fourth-order valence-electron chi connectivity index (χ4n) is 2.84. The van der Waals surface area contributed by atoms with E-state index in [0.717, 1.165) is 18.3 Å². The van der Waals surface area contributed by atoms with Crippen LogP contribution >= 0.6 is 0 Å². The summed E-state index contributed by atoms with van der Waals surface area (Å²) in [5.74, 6) is -0.949. The first-order chi connectivity index (χ1) is 14.3. The molecule has 0 saturated heterocycles. The van der Waals surface area contributed by atoms with Gasteiger partial charge in [-0.2, -0.15) is 13.2 Å². The minimum absolute atomic E-state index is 0.0135. The molecule has 0 radical (unpaired) electrons. The van der Waals surface area contributed by atoms with Gasteiger partial charge >= 0.3 is 6.18 Å². The number of pyridine rings is 1. The first-order valence-electron chi connectivity index (χ1n) is 8.51. The zero-order chi connectivity index (χ0) is 21.3. The van der Waals surface area contributed by atoms with Crippen LogP contribution in [0.3, 0.4) is 0 Å². The molecule has 0 fully saturated rings. The van der Waals surface area contributed by atoms with E-state index in [4.69, 9.17) is 4.42 Å². The third kappa shape index (κ3) is 3.62. The van der Waals surface area contributed by atoms with Gasteiger partial charge in [-0.1, -0.05) is 6.07 Å². The normalized spacial score (nSPS) is 11.4. The van der Waals surface area contributed by atoms with Crippen LogP contribution in [0.1, 0.15) is 16.2 Å². The lowest BCUT2D eigenvalue weighted by atomic mass is 10.1. The van der Waals surface area contributed by atoms with E-state index in [1.807, 2.05) is 0 Å². The van der Waals surface area contributed by atoms with Crippen molar-refractivity contribution in [3.63, 3.8) is 0 Å². The summed E-state index contributed by atoms with van der Waals surface area (Å²) in [6.07, 6.45) is 0.221. The number of benzene rings is 1. The van der Waals surface area contributed by atoms with Crippen molar-refractivity contribution in [2.45, 2.75) is 6.18 Å². The molecule has 4 aromatic rings. The van der Waals surface area contributed by atoms with Crippen LogP contribution in [0.5, 0.6) is 0 Å². The Labute approximate surface area is 166 Å². The summed E-state index contributed by atoms with van der Waals surface area (Å²) in [5, 5.41) is 2.63. The maximum atomic E-state index is 13.3. The molecule has 0 unspecified atom stereocenters. The van der Waals surface area contributed by atoms with Crippen molar-refractivity contribution in [1.82, 2.24) is 15.0 Å². The smallest absolute Gasteiger partial charge is 0.434 e. The number of rotatable bonds is 3. The second-order valence-corrected chi connectivity index (χ2v) is 6.10. The SMILES string of the molecule is O=C(Nc1cccc2c(=O)cc(-c3cccnc3C(F)(F)F)oc12)c1cnccn1. The van der Waals surface area contributed by atoms with Crippen LogP contribution in [-0.2, 0) is 6.18 Å². The molecule has 7 nitrogen and oxygen atoms in total. The quantitative estimate of drug-likeness (QED) is 0.548. The van der Waals surface area contributed by atoms with Crippen molar-refractivity contribution in [2.75, 3.05) is 5.32 Å². The summed E-state index contributed by atoms with van der Waals surface area (Å²) >= 11 is 0. The molecule has 1 aromatic carbocycles. The number of carbonyl (C=O) groups excluding carboxylic acids is 1. The van der Waals surface area contributed by atoms with E-state index in [9.17, 15) is 22.8 Å². The molecule has 0 spiro atoms. The van der Waals surface area contributed by atoms with Gasteiger partial charge in [0.2, 0.25) is 0 Å². The molecule has 150 valence electrons. The number of amides is 1. The Morgan fingerprint density at radius 3 is 2.60 bits per heavy atom. The molecule has 4 rings (SSSR count). The molecule has 1 amide bonds.